The fourth-order valence-electron chi connectivity index (χ4n) is 8.43. The van der Waals surface area contributed by atoms with Crippen LogP contribution in [0, 0.1) is 0 Å². The molecule has 1 amide bonds. The van der Waals surface area contributed by atoms with Gasteiger partial charge in [0.05, 0.1) is 25.4 Å². The molecule has 1 aliphatic heterocycles. The first-order chi connectivity index (χ1) is 31.3. The molecule has 0 spiro atoms. The second-order valence-electron chi connectivity index (χ2n) is 18.8. The topological polar surface area (TPSA) is 169 Å². The maximum absolute atomic E-state index is 13.1. The zero-order valence-electron chi connectivity index (χ0n) is 41.2. The van der Waals surface area contributed by atoms with Crippen LogP contribution < -0.4 is 5.32 Å². The molecule has 8 unspecified atom stereocenters. The number of carbonyl (C=O) groups excluding carboxylic acids is 1. The molecule has 8 atom stereocenters. The highest BCUT2D eigenvalue weighted by atomic mass is 16.7. The van der Waals surface area contributed by atoms with E-state index < -0.39 is 61.5 Å². The van der Waals surface area contributed by atoms with Crippen LogP contribution in [0.5, 0.6) is 0 Å². The Hall–Kier alpha value is -1.63. The van der Waals surface area contributed by atoms with Gasteiger partial charge in [-0.2, -0.15) is 0 Å². The number of nitrogens with one attached hydrogen (secondary N) is 1. The highest BCUT2D eigenvalue weighted by Crippen LogP contribution is 2.23. The maximum Gasteiger partial charge on any atom is 0.249 e. The van der Waals surface area contributed by atoms with Crippen molar-refractivity contribution in [2.75, 3.05) is 13.2 Å². The first-order valence-corrected chi connectivity index (χ1v) is 26.8. The number of ether oxygens (including phenoxy) is 2. The van der Waals surface area contributed by atoms with Gasteiger partial charge < -0.3 is 45.4 Å². The van der Waals surface area contributed by atoms with Gasteiger partial charge in [0, 0.05) is 0 Å². The fraction of sp³-hybridized carbons (Fsp3) is 0.870. The number of aliphatic hydroxyl groups excluding tert-OH is 6. The van der Waals surface area contributed by atoms with Crippen LogP contribution in [0.15, 0.2) is 36.5 Å². The molecular formula is C54H101NO9. The Kier molecular flexibility index (Phi) is 41.4. The minimum atomic E-state index is -1.61. The molecule has 1 rings (SSSR count). The van der Waals surface area contributed by atoms with Crippen molar-refractivity contribution in [3.8, 4) is 0 Å². The third-order valence-corrected chi connectivity index (χ3v) is 12.8. The van der Waals surface area contributed by atoms with Crippen LogP contribution in [0.1, 0.15) is 239 Å². The van der Waals surface area contributed by atoms with Gasteiger partial charge >= 0.3 is 0 Å². The highest BCUT2D eigenvalue weighted by Gasteiger charge is 2.44. The number of hydrogen-bond acceptors (Lipinski definition) is 9. The Bertz CT molecular complexity index is 1120. The van der Waals surface area contributed by atoms with Crippen molar-refractivity contribution >= 4 is 5.91 Å². The molecular weight excluding hydrogens is 807 g/mol. The summed E-state index contributed by atoms with van der Waals surface area (Å²) >= 11 is 0. The summed E-state index contributed by atoms with van der Waals surface area (Å²) in [6.07, 6.45) is 45.4. The average Bonchev–Trinajstić information content (AvgIpc) is 3.29. The summed E-state index contributed by atoms with van der Waals surface area (Å²) in [7, 11) is 0. The number of amides is 1. The van der Waals surface area contributed by atoms with E-state index >= 15 is 0 Å². The van der Waals surface area contributed by atoms with Crippen molar-refractivity contribution in [2.24, 2.45) is 0 Å². The number of carbonyl (C=O) groups is 1. The predicted octanol–water partition coefficient (Wildman–Crippen LogP) is 11.4. The molecule has 0 aromatic heterocycles. The molecule has 0 saturated carbocycles. The van der Waals surface area contributed by atoms with Crippen LogP contribution in [-0.4, -0.2) is 98.7 Å². The molecule has 1 saturated heterocycles. The quantitative estimate of drug-likeness (QED) is 0.0232. The van der Waals surface area contributed by atoms with Gasteiger partial charge in [0.1, 0.15) is 30.5 Å². The second kappa shape index (κ2) is 43.9. The first-order valence-electron chi connectivity index (χ1n) is 26.8. The number of unbranched alkanes of at least 4 members (excludes halogenated alkanes) is 30. The van der Waals surface area contributed by atoms with Crippen molar-refractivity contribution in [3.05, 3.63) is 36.5 Å². The summed E-state index contributed by atoms with van der Waals surface area (Å²) in [6, 6.07) is -0.979. The second-order valence-corrected chi connectivity index (χ2v) is 18.8. The van der Waals surface area contributed by atoms with Gasteiger partial charge in [0.15, 0.2) is 6.29 Å². The summed E-state index contributed by atoms with van der Waals surface area (Å²) in [5, 5.41) is 64.7. The Morgan fingerprint density at radius 3 is 1.39 bits per heavy atom. The van der Waals surface area contributed by atoms with Crippen LogP contribution in [-0.2, 0) is 14.3 Å². The van der Waals surface area contributed by atoms with Crippen molar-refractivity contribution in [1.29, 1.82) is 0 Å². The largest absolute Gasteiger partial charge is 0.394 e. The van der Waals surface area contributed by atoms with E-state index in [9.17, 15) is 35.4 Å². The number of allylic oxidation sites excluding steroid dienone is 5. The SMILES string of the molecule is CCCCCCCCCCC/C=C\C/C=C\CCCCCCCCCCCCCCC(O)C(=O)NC(COC1OC(CO)C(O)C(O)C1O)C(O)/C=C/CCCCCCCCCCC. The molecule has 376 valence electrons. The molecule has 10 heteroatoms. The van der Waals surface area contributed by atoms with E-state index in [1.54, 1.807) is 6.08 Å². The number of rotatable bonds is 45. The average molecular weight is 908 g/mol. The van der Waals surface area contributed by atoms with Crippen molar-refractivity contribution in [1.82, 2.24) is 5.32 Å². The smallest absolute Gasteiger partial charge is 0.249 e. The lowest BCUT2D eigenvalue weighted by atomic mass is 9.99. The molecule has 64 heavy (non-hydrogen) atoms. The number of hydrogen-bond donors (Lipinski definition) is 7. The Labute approximate surface area is 392 Å². The molecule has 0 aromatic carbocycles. The summed E-state index contributed by atoms with van der Waals surface area (Å²) in [6.45, 7) is 3.60. The lowest BCUT2D eigenvalue weighted by Crippen LogP contribution is -2.60. The first kappa shape index (κ1) is 60.4. The Morgan fingerprint density at radius 1 is 0.547 bits per heavy atom. The van der Waals surface area contributed by atoms with Gasteiger partial charge in [-0.25, -0.2) is 0 Å². The molecule has 0 radical (unpaired) electrons. The zero-order chi connectivity index (χ0) is 46.7. The van der Waals surface area contributed by atoms with Crippen LogP contribution in [0.4, 0.5) is 0 Å². The van der Waals surface area contributed by atoms with Gasteiger partial charge in [-0.05, 0) is 51.4 Å². The van der Waals surface area contributed by atoms with Crippen molar-refractivity contribution in [3.63, 3.8) is 0 Å². The molecule has 1 aliphatic rings. The van der Waals surface area contributed by atoms with Gasteiger partial charge in [0.25, 0.3) is 0 Å². The predicted molar refractivity (Wildman–Crippen MR) is 264 cm³/mol. The van der Waals surface area contributed by atoms with E-state index in [0.717, 1.165) is 44.9 Å². The lowest BCUT2D eigenvalue weighted by molar-refractivity contribution is -0.302. The lowest BCUT2D eigenvalue weighted by Gasteiger charge is -2.40. The third-order valence-electron chi connectivity index (χ3n) is 12.8. The molecule has 1 fully saturated rings. The highest BCUT2D eigenvalue weighted by molar-refractivity contribution is 5.80. The normalized spacial score (nSPS) is 20.8. The summed E-state index contributed by atoms with van der Waals surface area (Å²) in [5.74, 6) is -0.618. The third kappa shape index (κ3) is 32.9. The molecule has 0 bridgehead atoms. The van der Waals surface area contributed by atoms with Crippen LogP contribution in [0.3, 0.4) is 0 Å². The van der Waals surface area contributed by atoms with Crippen LogP contribution >= 0.6 is 0 Å². The summed E-state index contributed by atoms with van der Waals surface area (Å²) in [4.78, 5) is 13.1. The van der Waals surface area contributed by atoms with E-state index in [-0.39, 0.29) is 6.61 Å². The monoisotopic (exact) mass is 908 g/mol. The summed E-state index contributed by atoms with van der Waals surface area (Å²) in [5.41, 5.74) is 0. The molecule has 0 aliphatic carbocycles. The van der Waals surface area contributed by atoms with Gasteiger partial charge in [-0.3, -0.25) is 4.79 Å². The molecule has 1 heterocycles. The van der Waals surface area contributed by atoms with E-state index in [1.165, 1.54) is 167 Å². The van der Waals surface area contributed by atoms with Crippen molar-refractivity contribution < 1.29 is 44.9 Å². The van der Waals surface area contributed by atoms with E-state index in [0.29, 0.717) is 12.8 Å². The van der Waals surface area contributed by atoms with Gasteiger partial charge in [-0.15, -0.1) is 0 Å². The standard InChI is InChI=1S/C54H101NO9/c1-3-5-7-9-11-13-15-16-17-18-19-20-21-22-23-24-25-26-27-28-29-30-31-33-35-37-39-41-43-48(58)53(62)55-46(45-63-54-52(61)51(60)50(59)49(44-56)64-54)47(57)42-40-38-36-34-32-14-12-10-8-6-4-2/h19-20,22-23,40,42,46-52,54,56-61H,3-18,21,24-39,41,43-45H2,1-2H3,(H,55,62)/b20-19-,23-22-,42-40+. The van der Waals surface area contributed by atoms with E-state index in [1.807, 2.05) is 6.08 Å². The van der Waals surface area contributed by atoms with E-state index in [2.05, 4.69) is 43.5 Å². The van der Waals surface area contributed by atoms with Gasteiger partial charge in [-0.1, -0.05) is 224 Å². The zero-order valence-corrected chi connectivity index (χ0v) is 41.2. The molecule has 10 nitrogen and oxygen atoms in total. The number of aliphatic hydroxyl groups is 6. The van der Waals surface area contributed by atoms with Gasteiger partial charge in [0.2, 0.25) is 5.91 Å². The van der Waals surface area contributed by atoms with Crippen molar-refractivity contribution in [2.45, 2.75) is 288 Å². The minimum absolute atomic E-state index is 0.306. The van der Waals surface area contributed by atoms with Crippen LogP contribution in [0.2, 0.25) is 0 Å². The maximum atomic E-state index is 13.1. The summed E-state index contributed by atoms with van der Waals surface area (Å²) < 4.78 is 11.1. The minimum Gasteiger partial charge on any atom is -0.394 e. The molecule has 7 N–H and O–H groups in total. The van der Waals surface area contributed by atoms with Crippen LogP contribution in [0.25, 0.3) is 0 Å². The Morgan fingerprint density at radius 2 is 0.953 bits per heavy atom. The molecule has 0 aromatic rings. The van der Waals surface area contributed by atoms with E-state index in [4.69, 9.17) is 9.47 Å². The Balaban J connectivity index is 2.22. The fourth-order valence-corrected chi connectivity index (χ4v) is 8.43.